The second kappa shape index (κ2) is 4.42. The van der Waals surface area contributed by atoms with Crippen molar-refractivity contribution in [3.05, 3.63) is 23.1 Å². The van der Waals surface area contributed by atoms with Gasteiger partial charge in [-0.05, 0) is 43.5 Å². The first kappa shape index (κ1) is 12.0. The zero-order valence-electron chi connectivity index (χ0n) is 9.57. The van der Waals surface area contributed by atoms with Gasteiger partial charge in [-0.15, -0.1) is 0 Å². The number of halogens is 1. The summed E-state index contributed by atoms with van der Waals surface area (Å²) in [6.45, 7) is 3.10. The highest BCUT2D eigenvalue weighted by Gasteiger charge is 2.32. The molecule has 0 bridgehead atoms. The van der Waals surface area contributed by atoms with Gasteiger partial charge in [0.2, 0.25) is 0 Å². The summed E-state index contributed by atoms with van der Waals surface area (Å²) in [5.74, 6) is 0.104. The Morgan fingerprint density at radius 2 is 2.18 bits per heavy atom. The molecule has 0 aliphatic carbocycles. The fourth-order valence-electron chi connectivity index (χ4n) is 1.90. The Bertz CT molecular complexity index is 467. The third-order valence-electron chi connectivity index (χ3n) is 3.21. The summed E-state index contributed by atoms with van der Waals surface area (Å²) < 4.78 is 5.09. The van der Waals surface area contributed by atoms with E-state index in [1.807, 2.05) is 6.92 Å². The standard InChI is InChI=1S/C12H13ClN2O2/c1-12(8-14)4-6-15(7-5-12)11(16)9-2-3-10(13)17-9/h2-3H,4-7H2,1H3. The van der Waals surface area contributed by atoms with Gasteiger partial charge < -0.3 is 9.32 Å². The third kappa shape index (κ3) is 2.45. The predicted octanol–water partition coefficient (Wildman–Crippen LogP) is 2.70. The summed E-state index contributed by atoms with van der Waals surface area (Å²) in [5.41, 5.74) is -0.308. The van der Waals surface area contributed by atoms with E-state index in [2.05, 4.69) is 6.07 Å². The molecule has 1 aliphatic heterocycles. The first-order chi connectivity index (χ1) is 8.04. The minimum Gasteiger partial charge on any atom is -0.440 e. The van der Waals surface area contributed by atoms with E-state index in [0.717, 1.165) is 0 Å². The highest BCUT2D eigenvalue weighted by Crippen LogP contribution is 2.30. The zero-order chi connectivity index (χ0) is 12.5. The van der Waals surface area contributed by atoms with Crippen LogP contribution in [0.3, 0.4) is 0 Å². The number of furan rings is 1. The fraction of sp³-hybridized carbons (Fsp3) is 0.500. The van der Waals surface area contributed by atoms with Crippen LogP contribution in [-0.2, 0) is 0 Å². The molecule has 4 nitrogen and oxygen atoms in total. The minimum atomic E-state index is -0.308. The van der Waals surface area contributed by atoms with Crippen molar-refractivity contribution in [3.8, 4) is 6.07 Å². The van der Waals surface area contributed by atoms with Gasteiger partial charge in [0.1, 0.15) is 0 Å². The lowest BCUT2D eigenvalue weighted by Crippen LogP contribution is -2.41. The van der Waals surface area contributed by atoms with Crippen LogP contribution in [0.5, 0.6) is 0 Å². The van der Waals surface area contributed by atoms with Crippen molar-refractivity contribution in [2.45, 2.75) is 19.8 Å². The molecule has 1 aromatic heterocycles. The number of carbonyl (C=O) groups excluding carboxylic acids is 1. The highest BCUT2D eigenvalue weighted by atomic mass is 35.5. The zero-order valence-corrected chi connectivity index (χ0v) is 10.3. The smallest absolute Gasteiger partial charge is 0.289 e. The monoisotopic (exact) mass is 252 g/mol. The molecule has 90 valence electrons. The van der Waals surface area contributed by atoms with E-state index >= 15 is 0 Å². The Hall–Kier alpha value is -1.47. The van der Waals surface area contributed by atoms with Crippen LogP contribution in [0, 0.1) is 16.7 Å². The van der Waals surface area contributed by atoms with Crippen LogP contribution in [-0.4, -0.2) is 23.9 Å². The van der Waals surface area contributed by atoms with E-state index in [1.165, 1.54) is 0 Å². The van der Waals surface area contributed by atoms with Crippen LogP contribution in [0.4, 0.5) is 0 Å². The predicted molar refractivity (Wildman–Crippen MR) is 62.6 cm³/mol. The molecule has 2 heterocycles. The molecule has 0 N–H and O–H groups in total. The molecule has 0 spiro atoms. The van der Waals surface area contributed by atoms with E-state index in [4.69, 9.17) is 21.3 Å². The largest absolute Gasteiger partial charge is 0.440 e. The van der Waals surface area contributed by atoms with Crippen LogP contribution in [0.2, 0.25) is 5.22 Å². The Morgan fingerprint density at radius 1 is 1.53 bits per heavy atom. The second-order valence-corrected chi connectivity index (χ2v) is 4.94. The van der Waals surface area contributed by atoms with E-state index in [9.17, 15) is 4.79 Å². The number of likely N-dealkylation sites (tertiary alicyclic amines) is 1. The highest BCUT2D eigenvalue weighted by molar-refractivity contribution is 6.29. The van der Waals surface area contributed by atoms with Crippen LogP contribution < -0.4 is 0 Å². The van der Waals surface area contributed by atoms with Crippen LogP contribution in [0.25, 0.3) is 0 Å². The van der Waals surface area contributed by atoms with Crippen LogP contribution in [0.1, 0.15) is 30.3 Å². The third-order valence-corrected chi connectivity index (χ3v) is 3.41. The normalized spacial score (nSPS) is 18.8. The van der Waals surface area contributed by atoms with Gasteiger partial charge in [-0.25, -0.2) is 0 Å². The number of piperidine rings is 1. The Balaban J connectivity index is 2.02. The Labute approximate surface area is 105 Å². The molecule has 0 atom stereocenters. The van der Waals surface area contributed by atoms with E-state index in [0.29, 0.717) is 25.9 Å². The molecule has 1 saturated heterocycles. The number of carbonyl (C=O) groups is 1. The van der Waals surface area contributed by atoms with Crippen LogP contribution >= 0.6 is 11.6 Å². The first-order valence-corrected chi connectivity index (χ1v) is 5.88. The van der Waals surface area contributed by atoms with Crippen LogP contribution in [0.15, 0.2) is 16.5 Å². The SMILES string of the molecule is CC1(C#N)CCN(C(=O)c2ccc(Cl)o2)CC1. The lowest BCUT2D eigenvalue weighted by atomic mass is 9.82. The number of nitriles is 1. The van der Waals surface area contributed by atoms with Gasteiger partial charge in [0.05, 0.1) is 11.5 Å². The molecule has 1 aliphatic rings. The van der Waals surface area contributed by atoms with Gasteiger partial charge in [0.15, 0.2) is 11.0 Å². The van der Waals surface area contributed by atoms with Crippen molar-refractivity contribution in [2.75, 3.05) is 13.1 Å². The maximum atomic E-state index is 12.0. The number of rotatable bonds is 1. The molecule has 17 heavy (non-hydrogen) atoms. The number of nitrogens with zero attached hydrogens (tertiary/aromatic N) is 2. The van der Waals surface area contributed by atoms with E-state index < -0.39 is 0 Å². The Morgan fingerprint density at radius 3 is 2.65 bits per heavy atom. The van der Waals surface area contributed by atoms with Crippen molar-refractivity contribution in [2.24, 2.45) is 5.41 Å². The number of hydrogen-bond acceptors (Lipinski definition) is 3. The average molecular weight is 253 g/mol. The second-order valence-electron chi connectivity index (χ2n) is 4.57. The van der Waals surface area contributed by atoms with Gasteiger partial charge in [-0.1, -0.05) is 0 Å². The Kier molecular flexibility index (Phi) is 3.12. The van der Waals surface area contributed by atoms with Crippen molar-refractivity contribution >= 4 is 17.5 Å². The molecule has 5 heteroatoms. The van der Waals surface area contributed by atoms with E-state index in [1.54, 1.807) is 17.0 Å². The summed E-state index contributed by atoms with van der Waals surface area (Å²) in [6, 6.07) is 5.43. The molecule has 0 unspecified atom stereocenters. The van der Waals surface area contributed by atoms with Crippen molar-refractivity contribution < 1.29 is 9.21 Å². The lowest BCUT2D eigenvalue weighted by molar-refractivity contribution is 0.0630. The number of amides is 1. The van der Waals surface area contributed by atoms with Crippen molar-refractivity contribution in [1.29, 1.82) is 5.26 Å². The average Bonchev–Trinajstić information content (AvgIpc) is 2.76. The molecule has 1 fully saturated rings. The van der Waals surface area contributed by atoms with Crippen molar-refractivity contribution in [1.82, 2.24) is 4.90 Å². The topological polar surface area (TPSA) is 57.2 Å². The van der Waals surface area contributed by atoms with Gasteiger partial charge in [-0.3, -0.25) is 4.79 Å². The summed E-state index contributed by atoms with van der Waals surface area (Å²) in [6.07, 6.45) is 1.40. The van der Waals surface area contributed by atoms with E-state index in [-0.39, 0.29) is 22.3 Å². The van der Waals surface area contributed by atoms with Gasteiger partial charge >= 0.3 is 0 Å². The molecular weight excluding hydrogens is 240 g/mol. The van der Waals surface area contributed by atoms with Gasteiger partial charge in [0, 0.05) is 13.1 Å². The molecule has 1 aromatic rings. The molecule has 0 saturated carbocycles. The van der Waals surface area contributed by atoms with Gasteiger partial charge in [-0.2, -0.15) is 5.26 Å². The molecule has 1 amide bonds. The summed E-state index contributed by atoms with van der Waals surface area (Å²) in [7, 11) is 0. The quantitative estimate of drug-likeness (QED) is 0.772. The summed E-state index contributed by atoms with van der Waals surface area (Å²) in [5, 5.41) is 9.22. The number of hydrogen-bond donors (Lipinski definition) is 0. The first-order valence-electron chi connectivity index (χ1n) is 5.50. The minimum absolute atomic E-state index is 0.156. The summed E-state index contributed by atoms with van der Waals surface area (Å²) in [4.78, 5) is 13.7. The molecule has 0 radical (unpaired) electrons. The fourth-order valence-corrected chi connectivity index (χ4v) is 2.05. The van der Waals surface area contributed by atoms with Crippen molar-refractivity contribution in [3.63, 3.8) is 0 Å². The maximum Gasteiger partial charge on any atom is 0.289 e. The molecular formula is C12H13ClN2O2. The molecule has 0 aromatic carbocycles. The maximum absolute atomic E-state index is 12.0. The summed E-state index contributed by atoms with van der Waals surface area (Å²) >= 11 is 5.63. The van der Waals surface area contributed by atoms with Gasteiger partial charge in [0.25, 0.3) is 5.91 Å². The molecule has 2 rings (SSSR count). The lowest BCUT2D eigenvalue weighted by Gasteiger charge is -2.34.